The highest BCUT2D eigenvalue weighted by molar-refractivity contribution is 5.93. The molecule has 1 aliphatic rings. The van der Waals surface area contributed by atoms with Gasteiger partial charge in [-0.15, -0.1) is 0 Å². The number of carbonyl (C=O) groups excluding carboxylic acids is 1. The van der Waals surface area contributed by atoms with E-state index in [2.05, 4.69) is 20.6 Å². The van der Waals surface area contributed by atoms with Crippen LogP contribution in [0.1, 0.15) is 25.7 Å². The van der Waals surface area contributed by atoms with Gasteiger partial charge >= 0.3 is 0 Å². The second kappa shape index (κ2) is 5.40. The van der Waals surface area contributed by atoms with Crippen LogP contribution in [-0.4, -0.2) is 28.5 Å². The van der Waals surface area contributed by atoms with Crippen LogP contribution in [0, 0.1) is 0 Å². The third-order valence-corrected chi connectivity index (χ3v) is 3.55. The predicted molar refractivity (Wildman–Crippen MR) is 75.0 cm³/mol. The summed E-state index contributed by atoms with van der Waals surface area (Å²) in [7, 11) is 0. The minimum atomic E-state index is 0.0678. The fourth-order valence-electron chi connectivity index (χ4n) is 2.55. The summed E-state index contributed by atoms with van der Waals surface area (Å²) in [5, 5.41) is 6.33. The molecule has 1 aromatic carbocycles. The SMILES string of the molecule is O=C(CC1CCCCN1)Nc1ccc2nc[nH]c2c1. The number of aromatic nitrogens is 2. The number of nitrogens with one attached hydrogen (secondary N) is 3. The van der Waals surface area contributed by atoms with Gasteiger partial charge in [0.15, 0.2) is 0 Å². The zero-order valence-corrected chi connectivity index (χ0v) is 10.8. The number of piperidine rings is 1. The number of nitrogens with zero attached hydrogens (tertiary/aromatic N) is 1. The second-order valence-electron chi connectivity index (χ2n) is 5.03. The summed E-state index contributed by atoms with van der Waals surface area (Å²) in [5.74, 6) is 0.0678. The van der Waals surface area contributed by atoms with Gasteiger partial charge in [-0.3, -0.25) is 4.79 Å². The highest BCUT2D eigenvalue weighted by Gasteiger charge is 2.16. The van der Waals surface area contributed by atoms with E-state index in [0.717, 1.165) is 29.7 Å². The topological polar surface area (TPSA) is 69.8 Å². The molecule has 1 amide bonds. The van der Waals surface area contributed by atoms with Crippen LogP contribution in [0.2, 0.25) is 0 Å². The van der Waals surface area contributed by atoms with Gasteiger partial charge in [-0.25, -0.2) is 4.98 Å². The molecule has 1 aromatic heterocycles. The molecule has 2 heterocycles. The van der Waals surface area contributed by atoms with Crippen LogP contribution in [0.15, 0.2) is 24.5 Å². The van der Waals surface area contributed by atoms with Crippen molar-refractivity contribution in [2.24, 2.45) is 0 Å². The van der Waals surface area contributed by atoms with Gasteiger partial charge in [0.1, 0.15) is 0 Å². The van der Waals surface area contributed by atoms with Crippen LogP contribution >= 0.6 is 0 Å². The summed E-state index contributed by atoms with van der Waals surface area (Å²) < 4.78 is 0. The zero-order chi connectivity index (χ0) is 13.1. The Bertz CT molecular complexity index is 572. The molecule has 2 aromatic rings. The highest BCUT2D eigenvalue weighted by Crippen LogP contribution is 2.16. The number of aromatic amines is 1. The van der Waals surface area contributed by atoms with Crippen molar-refractivity contribution in [1.82, 2.24) is 15.3 Å². The minimum absolute atomic E-state index is 0.0678. The summed E-state index contributed by atoms with van der Waals surface area (Å²) in [6.45, 7) is 1.03. The molecular weight excluding hydrogens is 240 g/mol. The smallest absolute Gasteiger partial charge is 0.225 e. The Labute approximate surface area is 111 Å². The fourth-order valence-corrected chi connectivity index (χ4v) is 2.55. The second-order valence-corrected chi connectivity index (χ2v) is 5.03. The number of hydrogen-bond acceptors (Lipinski definition) is 3. The molecule has 0 saturated carbocycles. The number of benzene rings is 1. The lowest BCUT2D eigenvalue weighted by Crippen LogP contribution is -2.36. The molecule has 0 aliphatic carbocycles. The Hall–Kier alpha value is -1.88. The van der Waals surface area contributed by atoms with E-state index in [1.54, 1.807) is 6.33 Å². The lowest BCUT2D eigenvalue weighted by molar-refractivity contribution is -0.116. The van der Waals surface area contributed by atoms with Gasteiger partial charge in [0.25, 0.3) is 0 Å². The van der Waals surface area contributed by atoms with Crippen molar-refractivity contribution >= 4 is 22.6 Å². The quantitative estimate of drug-likeness (QED) is 0.789. The summed E-state index contributed by atoms with van der Waals surface area (Å²) in [5.41, 5.74) is 2.66. The Morgan fingerprint density at radius 1 is 1.42 bits per heavy atom. The number of anilines is 1. The standard InChI is InChI=1S/C14H18N4O/c19-14(8-10-3-1-2-6-15-10)18-11-4-5-12-13(7-11)17-9-16-12/h4-5,7,9-10,15H,1-3,6,8H2,(H,16,17)(H,18,19). The summed E-state index contributed by atoms with van der Waals surface area (Å²) >= 11 is 0. The molecule has 5 heteroatoms. The maximum Gasteiger partial charge on any atom is 0.225 e. The van der Waals surface area contributed by atoms with Crippen molar-refractivity contribution in [2.75, 3.05) is 11.9 Å². The third-order valence-electron chi connectivity index (χ3n) is 3.55. The lowest BCUT2D eigenvalue weighted by atomic mass is 10.0. The van der Waals surface area contributed by atoms with Gasteiger partial charge in [-0.05, 0) is 37.6 Å². The van der Waals surface area contributed by atoms with Crippen molar-refractivity contribution in [3.05, 3.63) is 24.5 Å². The molecule has 19 heavy (non-hydrogen) atoms. The summed E-state index contributed by atoms with van der Waals surface area (Å²) in [6, 6.07) is 6.02. The number of rotatable bonds is 3. The lowest BCUT2D eigenvalue weighted by Gasteiger charge is -2.22. The largest absolute Gasteiger partial charge is 0.345 e. The molecule has 1 saturated heterocycles. The van der Waals surface area contributed by atoms with E-state index >= 15 is 0 Å². The van der Waals surface area contributed by atoms with E-state index in [0.29, 0.717) is 12.5 Å². The van der Waals surface area contributed by atoms with Crippen LogP contribution in [0.3, 0.4) is 0 Å². The minimum Gasteiger partial charge on any atom is -0.345 e. The van der Waals surface area contributed by atoms with Crippen LogP contribution in [-0.2, 0) is 4.79 Å². The molecule has 1 unspecified atom stereocenters. The van der Waals surface area contributed by atoms with Crippen LogP contribution in [0.25, 0.3) is 11.0 Å². The van der Waals surface area contributed by atoms with Crippen LogP contribution in [0.4, 0.5) is 5.69 Å². The highest BCUT2D eigenvalue weighted by atomic mass is 16.1. The maximum atomic E-state index is 12.0. The fraction of sp³-hybridized carbons (Fsp3) is 0.429. The molecule has 1 fully saturated rings. The van der Waals surface area contributed by atoms with Gasteiger partial charge in [0.05, 0.1) is 17.4 Å². The molecule has 3 rings (SSSR count). The van der Waals surface area contributed by atoms with Crippen molar-refractivity contribution in [3.8, 4) is 0 Å². The number of carbonyl (C=O) groups is 1. The van der Waals surface area contributed by atoms with Crippen molar-refractivity contribution < 1.29 is 4.79 Å². The number of hydrogen-bond donors (Lipinski definition) is 3. The average molecular weight is 258 g/mol. The van der Waals surface area contributed by atoms with E-state index in [9.17, 15) is 4.79 Å². The number of fused-ring (bicyclic) bond motifs is 1. The molecule has 100 valence electrons. The predicted octanol–water partition coefficient (Wildman–Crippen LogP) is 2.03. The van der Waals surface area contributed by atoms with E-state index in [1.807, 2.05) is 18.2 Å². The number of imidazole rings is 1. The van der Waals surface area contributed by atoms with Gasteiger partial charge in [-0.2, -0.15) is 0 Å². The first-order valence-corrected chi connectivity index (χ1v) is 6.77. The zero-order valence-electron chi connectivity index (χ0n) is 10.8. The number of H-pyrrole nitrogens is 1. The van der Waals surface area contributed by atoms with E-state index in [4.69, 9.17) is 0 Å². The number of amides is 1. The van der Waals surface area contributed by atoms with Crippen LogP contribution in [0.5, 0.6) is 0 Å². The maximum absolute atomic E-state index is 12.0. The molecular formula is C14H18N4O. The average Bonchev–Trinajstić information content (AvgIpc) is 2.87. The van der Waals surface area contributed by atoms with Crippen molar-refractivity contribution in [3.63, 3.8) is 0 Å². The van der Waals surface area contributed by atoms with E-state index < -0.39 is 0 Å². The third kappa shape index (κ3) is 2.93. The van der Waals surface area contributed by atoms with Crippen molar-refractivity contribution in [2.45, 2.75) is 31.7 Å². The molecule has 5 nitrogen and oxygen atoms in total. The first kappa shape index (κ1) is 12.2. The van der Waals surface area contributed by atoms with E-state index in [1.165, 1.54) is 12.8 Å². The van der Waals surface area contributed by atoms with E-state index in [-0.39, 0.29) is 5.91 Å². The Morgan fingerprint density at radius 3 is 3.21 bits per heavy atom. The molecule has 1 atom stereocenters. The normalized spacial score (nSPS) is 19.5. The summed E-state index contributed by atoms with van der Waals surface area (Å²) in [6.07, 6.45) is 5.72. The summed E-state index contributed by atoms with van der Waals surface area (Å²) in [4.78, 5) is 19.2. The van der Waals surface area contributed by atoms with Gasteiger partial charge < -0.3 is 15.6 Å². The molecule has 0 radical (unpaired) electrons. The van der Waals surface area contributed by atoms with Gasteiger partial charge in [0.2, 0.25) is 5.91 Å². The molecule has 0 bridgehead atoms. The Balaban J connectivity index is 1.61. The first-order chi connectivity index (χ1) is 9.31. The first-order valence-electron chi connectivity index (χ1n) is 6.77. The Morgan fingerprint density at radius 2 is 2.37 bits per heavy atom. The monoisotopic (exact) mass is 258 g/mol. The molecule has 3 N–H and O–H groups in total. The van der Waals surface area contributed by atoms with Gasteiger partial charge in [-0.1, -0.05) is 6.42 Å². The Kier molecular flexibility index (Phi) is 3.46. The van der Waals surface area contributed by atoms with Crippen LogP contribution < -0.4 is 10.6 Å². The van der Waals surface area contributed by atoms with Gasteiger partial charge in [0, 0.05) is 18.2 Å². The molecule has 0 spiro atoms. The molecule has 1 aliphatic heterocycles. The van der Waals surface area contributed by atoms with Crippen molar-refractivity contribution in [1.29, 1.82) is 0 Å².